The van der Waals surface area contributed by atoms with Gasteiger partial charge in [-0.1, -0.05) is 13.3 Å². The maximum Gasteiger partial charge on any atom is 0.156 e. The van der Waals surface area contributed by atoms with Crippen LogP contribution in [0.15, 0.2) is 18.5 Å². The SMILES string of the molecule is CCCc1cc(N)nn2ccnc12. The van der Waals surface area contributed by atoms with E-state index in [0.717, 1.165) is 18.5 Å². The van der Waals surface area contributed by atoms with E-state index in [2.05, 4.69) is 17.0 Å². The fourth-order valence-corrected chi connectivity index (χ4v) is 1.46. The van der Waals surface area contributed by atoms with Gasteiger partial charge < -0.3 is 5.73 Å². The van der Waals surface area contributed by atoms with Crippen LogP contribution in [0.4, 0.5) is 5.82 Å². The van der Waals surface area contributed by atoms with E-state index in [1.165, 1.54) is 5.56 Å². The van der Waals surface area contributed by atoms with Crippen LogP contribution in [-0.4, -0.2) is 14.6 Å². The van der Waals surface area contributed by atoms with Gasteiger partial charge in [0.05, 0.1) is 0 Å². The van der Waals surface area contributed by atoms with E-state index < -0.39 is 0 Å². The number of hydrogen-bond donors (Lipinski definition) is 1. The molecule has 0 atom stereocenters. The zero-order valence-electron chi connectivity index (χ0n) is 7.57. The smallest absolute Gasteiger partial charge is 0.156 e. The fraction of sp³-hybridized carbons (Fsp3) is 0.333. The summed E-state index contributed by atoms with van der Waals surface area (Å²) in [6.07, 6.45) is 5.63. The number of aryl methyl sites for hydroxylation is 1. The molecule has 0 radical (unpaired) electrons. The maximum atomic E-state index is 5.65. The van der Waals surface area contributed by atoms with Crippen molar-refractivity contribution >= 4 is 11.5 Å². The number of hydrogen-bond acceptors (Lipinski definition) is 3. The van der Waals surface area contributed by atoms with Gasteiger partial charge in [-0.3, -0.25) is 0 Å². The lowest BCUT2D eigenvalue weighted by molar-refractivity contribution is 0.881. The molecule has 0 aliphatic rings. The van der Waals surface area contributed by atoms with Crippen LogP contribution >= 0.6 is 0 Å². The van der Waals surface area contributed by atoms with E-state index in [9.17, 15) is 0 Å². The molecular formula is C9H12N4. The molecule has 0 aliphatic carbocycles. The van der Waals surface area contributed by atoms with Crippen molar-refractivity contribution in [2.75, 3.05) is 5.73 Å². The molecule has 4 heteroatoms. The third kappa shape index (κ3) is 1.35. The van der Waals surface area contributed by atoms with Crippen molar-refractivity contribution in [1.82, 2.24) is 14.6 Å². The van der Waals surface area contributed by atoms with Gasteiger partial charge in [0.15, 0.2) is 5.65 Å². The first-order chi connectivity index (χ1) is 6.31. The van der Waals surface area contributed by atoms with Crippen molar-refractivity contribution in [1.29, 1.82) is 0 Å². The Balaban J connectivity index is 2.63. The summed E-state index contributed by atoms with van der Waals surface area (Å²) >= 11 is 0. The van der Waals surface area contributed by atoms with Crippen molar-refractivity contribution in [3.05, 3.63) is 24.0 Å². The molecule has 2 N–H and O–H groups in total. The second-order valence-corrected chi connectivity index (χ2v) is 3.04. The van der Waals surface area contributed by atoms with Gasteiger partial charge in [0.1, 0.15) is 5.82 Å². The lowest BCUT2D eigenvalue weighted by Gasteiger charge is -2.02. The standard InChI is InChI=1S/C9H12N4/c1-2-3-7-6-8(10)12-13-5-4-11-9(7)13/h4-6H,2-3H2,1H3,(H2,10,12). The predicted octanol–water partition coefficient (Wildman–Crippen LogP) is 1.26. The van der Waals surface area contributed by atoms with Crippen LogP contribution in [0.3, 0.4) is 0 Å². The monoisotopic (exact) mass is 176 g/mol. The molecule has 0 unspecified atom stereocenters. The van der Waals surface area contributed by atoms with Gasteiger partial charge in [-0.25, -0.2) is 9.50 Å². The summed E-state index contributed by atoms with van der Waals surface area (Å²) in [5, 5.41) is 4.11. The summed E-state index contributed by atoms with van der Waals surface area (Å²) < 4.78 is 1.72. The largest absolute Gasteiger partial charge is 0.382 e. The Kier molecular flexibility index (Phi) is 1.88. The first-order valence-electron chi connectivity index (χ1n) is 4.40. The lowest BCUT2D eigenvalue weighted by atomic mass is 10.2. The summed E-state index contributed by atoms with van der Waals surface area (Å²) in [6, 6.07) is 1.89. The van der Waals surface area contributed by atoms with Gasteiger partial charge in [0.25, 0.3) is 0 Å². The Morgan fingerprint density at radius 2 is 2.38 bits per heavy atom. The molecule has 0 saturated carbocycles. The molecule has 68 valence electrons. The molecule has 4 nitrogen and oxygen atoms in total. The molecule has 0 aliphatic heterocycles. The first-order valence-corrected chi connectivity index (χ1v) is 4.40. The van der Waals surface area contributed by atoms with Gasteiger partial charge in [0, 0.05) is 18.0 Å². The van der Waals surface area contributed by atoms with Gasteiger partial charge in [0.2, 0.25) is 0 Å². The van der Waals surface area contributed by atoms with E-state index in [0.29, 0.717) is 5.82 Å². The maximum absolute atomic E-state index is 5.65. The zero-order chi connectivity index (χ0) is 9.26. The molecule has 2 rings (SSSR count). The van der Waals surface area contributed by atoms with Gasteiger partial charge >= 0.3 is 0 Å². The highest BCUT2D eigenvalue weighted by Gasteiger charge is 2.03. The summed E-state index contributed by atoms with van der Waals surface area (Å²) in [6.45, 7) is 2.13. The molecular weight excluding hydrogens is 164 g/mol. The van der Waals surface area contributed by atoms with Crippen molar-refractivity contribution in [2.45, 2.75) is 19.8 Å². The summed E-state index contributed by atoms with van der Waals surface area (Å²) in [4.78, 5) is 4.22. The van der Waals surface area contributed by atoms with E-state index in [1.807, 2.05) is 12.3 Å². The minimum absolute atomic E-state index is 0.550. The number of rotatable bonds is 2. The van der Waals surface area contributed by atoms with Crippen LogP contribution in [0.1, 0.15) is 18.9 Å². The van der Waals surface area contributed by atoms with Crippen molar-refractivity contribution in [3.63, 3.8) is 0 Å². The highest BCUT2D eigenvalue weighted by Crippen LogP contribution is 2.12. The van der Waals surface area contributed by atoms with Crippen LogP contribution in [0.2, 0.25) is 0 Å². The number of anilines is 1. The van der Waals surface area contributed by atoms with Crippen molar-refractivity contribution in [3.8, 4) is 0 Å². The molecule has 2 aromatic rings. The summed E-state index contributed by atoms with van der Waals surface area (Å²) in [7, 11) is 0. The average molecular weight is 176 g/mol. The number of nitrogens with zero attached hydrogens (tertiary/aromatic N) is 3. The third-order valence-electron chi connectivity index (χ3n) is 1.97. The topological polar surface area (TPSA) is 56.2 Å². The van der Waals surface area contributed by atoms with Crippen LogP contribution < -0.4 is 5.73 Å². The number of fused-ring (bicyclic) bond motifs is 1. The molecule has 0 aromatic carbocycles. The summed E-state index contributed by atoms with van der Waals surface area (Å²) in [5.41, 5.74) is 7.73. The Morgan fingerprint density at radius 1 is 1.54 bits per heavy atom. The van der Waals surface area contributed by atoms with Gasteiger partial charge in [-0.05, 0) is 12.5 Å². The fourth-order valence-electron chi connectivity index (χ4n) is 1.46. The molecule has 2 aromatic heterocycles. The number of imidazole rings is 1. The normalized spacial score (nSPS) is 10.8. The molecule has 0 spiro atoms. The van der Waals surface area contributed by atoms with Crippen LogP contribution in [0.25, 0.3) is 5.65 Å². The van der Waals surface area contributed by atoms with Crippen molar-refractivity contribution in [2.24, 2.45) is 0 Å². The Hall–Kier alpha value is -1.58. The lowest BCUT2D eigenvalue weighted by Crippen LogP contribution is -2.01. The number of nitrogens with two attached hydrogens (primary N) is 1. The highest BCUT2D eigenvalue weighted by molar-refractivity contribution is 5.50. The predicted molar refractivity (Wildman–Crippen MR) is 51.4 cm³/mol. The quantitative estimate of drug-likeness (QED) is 0.749. The number of nitrogen functional groups attached to an aromatic ring is 1. The summed E-state index contributed by atoms with van der Waals surface area (Å²) in [5.74, 6) is 0.550. The molecule has 0 saturated heterocycles. The van der Waals surface area contributed by atoms with Crippen molar-refractivity contribution < 1.29 is 0 Å². The van der Waals surface area contributed by atoms with E-state index in [-0.39, 0.29) is 0 Å². The van der Waals surface area contributed by atoms with Crippen LogP contribution in [-0.2, 0) is 6.42 Å². The van der Waals surface area contributed by atoms with Gasteiger partial charge in [-0.15, -0.1) is 5.10 Å². The van der Waals surface area contributed by atoms with Crippen LogP contribution in [0.5, 0.6) is 0 Å². The second-order valence-electron chi connectivity index (χ2n) is 3.04. The second kappa shape index (κ2) is 3.05. The average Bonchev–Trinajstić information content (AvgIpc) is 2.52. The molecule has 0 bridgehead atoms. The highest BCUT2D eigenvalue weighted by atomic mass is 15.3. The molecule has 0 amide bonds. The number of aromatic nitrogens is 3. The molecule has 2 heterocycles. The third-order valence-corrected chi connectivity index (χ3v) is 1.97. The minimum Gasteiger partial charge on any atom is -0.382 e. The Labute approximate surface area is 76.4 Å². The van der Waals surface area contributed by atoms with Gasteiger partial charge in [-0.2, -0.15) is 0 Å². The molecule has 0 fully saturated rings. The van der Waals surface area contributed by atoms with E-state index in [1.54, 1.807) is 10.7 Å². The van der Waals surface area contributed by atoms with E-state index >= 15 is 0 Å². The first kappa shape index (κ1) is 8.04. The van der Waals surface area contributed by atoms with Crippen LogP contribution in [0, 0.1) is 0 Å². The minimum atomic E-state index is 0.550. The zero-order valence-corrected chi connectivity index (χ0v) is 7.57. The Bertz CT molecular complexity index is 418. The molecule has 13 heavy (non-hydrogen) atoms. The Morgan fingerprint density at radius 3 is 3.15 bits per heavy atom. The van der Waals surface area contributed by atoms with E-state index in [4.69, 9.17) is 5.73 Å².